The first-order chi connectivity index (χ1) is 11.1. The van der Waals surface area contributed by atoms with Crippen LogP contribution in [0.1, 0.15) is 30.1 Å². The van der Waals surface area contributed by atoms with Gasteiger partial charge in [0.2, 0.25) is 11.8 Å². The summed E-state index contributed by atoms with van der Waals surface area (Å²) in [4.78, 5) is 25.2. The molecule has 120 valence electrons. The largest absolute Gasteiger partial charge is 0.370 e. The molecule has 1 atom stereocenters. The minimum Gasteiger partial charge on any atom is -0.370 e. The maximum atomic E-state index is 13.2. The molecule has 0 bridgehead atoms. The molecule has 1 aromatic carbocycles. The van der Waals surface area contributed by atoms with Crippen molar-refractivity contribution in [1.29, 1.82) is 0 Å². The number of rotatable bonds is 4. The predicted molar refractivity (Wildman–Crippen MR) is 82.8 cm³/mol. The fraction of sp³-hybridized carbons (Fsp3) is 0.294. The second kappa shape index (κ2) is 6.24. The number of nitrogens with two attached hydrogens (primary N) is 1. The summed E-state index contributed by atoms with van der Waals surface area (Å²) in [6, 6.07) is 9.78. The Morgan fingerprint density at radius 2 is 1.87 bits per heavy atom. The van der Waals surface area contributed by atoms with E-state index in [9.17, 15) is 14.0 Å². The highest BCUT2D eigenvalue weighted by molar-refractivity contribution is 5.83. The Kier molecular flexibility index (Phi) is 4.14. The Bertz CT molecular complexity index is 724. The maximum absolute atomic E-state index is 13.2. The summed E-state index contributed by atoms with van der Waals surface area (Å²) in [6.07, 6.45) is 2.09. The van der Waals surface area contributed by atoms with Crippen LogP contribution < -0.4 is 5.73 Å². The summed E-state index contributed by atoms with van der Waals surface area (Å²) in [6.45, 7) is 1.24. The lowest BCUT2D eigenvalue weighted by Crippen LogP contribution is -2.42. The third kappa shape index (κ3) is 3.11. The fourth-order valence-electron chi connectivity index (χ4n) is 3.02. The number of benzene rings is 1. The minimum atomic E-state index is -0.489. The highest BCUT2D eigenvalue weighted by Crippen LogP contribution is 2.33. The summed E-state index contributed by atoms with van der Waals surface area (Å²) in [5.41, 5.74) is 6.96. The molecule has 0 aliphatic carbocycles. The van der Waals surface area contributed by atoms with Crippen LogP contribution in [0.15, 0.2) is 42.6 Å². The number of halogens is 1. The number of amides is 2. The lowest BCUT2D eigenvalue weighted by molar-refractivity contribution is -0.135. The summed E-state index contributed by atoms with van der Waals surface area (Å²) < 4.78 is 15.3. The second-order valence-electron chi connectivity index (χ2n) is 5.63. The van der Waals surface area contributed by atoms with Crippen LogP contribution in [0.3, 0.4) is 0 Å². The van der Waals surface area contributed by atoms with Crippen molar-refractivity contribution in [1.82, 2.24) is 9.47 Å². The molecule has 0 spiro atoms. The Hall–Kier alpha value is -2.63. The molecule has 2 amide bonds. The number of aromatic nitrogens is 1. The van der Waals surface area contributed by atoms with E-state index in [0.29, 0.717) is 13.1 Å². The molecule has 1 aliphatic heterocycles. The number of carbonyl (C=O) groups excluding carboxylic acids is 2. The van der Waals surface area contributed by atoms with Crippen LogP contribution in [0.4, 0.5) is 4.39 Å². The zero-order valence-electron chi connectivity index (χ0n) is 12.6. The normalized spacial score (nSPS) is 16.9. The zero-order chi connectivity index (χ0) is 16.4. The van der Waals surface area contributed by atoms with Crippen LogP contribution >= 0.6 is 0 Å². The van der Waals surface area contributed by atoms with E-state index in [1.54, 1.807) is 17.0 Å². The van der Waals surface area contributed by atoms with Gasteiger partial charge in [-0.25, -0.2) is 4.39 Å². The standard InChI is InChI=1S/C17H18FN3O2/c18-13-5-3-12(4-6-13)17-14-2-1-9-20(14)10-11-21(17)16(23)8-7-15(19)22/h1-6,9,17H,7-8,10-11H2,(H2,19,22). The quantitative estimate of drug-likeness (QED) is 0.935. The van der Waals surface area contributed by atoms with Crippen molar-refractivity contribution in [2.45, 2.75) is 25.4 Å². The van der Waals surface area contributed by atoms with Crippen molar-refractivity contribution in [2.24, 2.45) is 5.73 Å². The van der Waals surface area contributed by atoms with Gasteiger partial charge in [-0.3, -0.25) is 9.59 Å². The van der Waals surface area contributed by atoms with Gasteiger partial charge >= 0.3 is 0 Å². The molecule has 1 aromatic heterocycles. The Morgan fingerprint density at radius 1 is 1.13 bits per heavy atom. The monoisotopic (exact) mass is 315 g/mol. The van der Waals surface area contributed by atoms with Crippen LogP contribution in [-0.4, -0.2) is 27.8 Å². The highest BCUT2D eigenvalue weighted by atomic mass is 19.1. The van der Waals surface area contributed by atoms with E-state index in [1.807, 2.05) is 18.3 Å². The average molecular weight is 315 g/mol. The third-order valence-electron chi connectivity index (χ3n) is 4.13. The lowest BCUT2D eigenvalue weighted by Gasteiger charge is -2.37. The van der Waals surface area contributed by atoms with Crippen LogP contribution in [0.2, 0.25) is 0 Å². The molecule has 0 fully saturated rings. The summed E-state index contributed by atoms with van der Waals surface area (Å²) in [7, 11) is 0. The van der Waals surface area contributed by atoms with Gasteiger partial charge in [-0.05, 0) is 29.8 Å². The van der Waals surface area contributed by atoms with Gasteiger partial charge in [0.05, 0.1) is 6.04 Å². The highest BCUT2D eigenvalue weighted by Gasteiger charge is 2.31. The molecule has 6 heteroatoms. The van der Waals surface area contributed by atoms with Crippen molar-refractivity contribution >= 4 is 11.8 Å². The number of carbonyl (C=O) groups is 2. The summed E-state index contributed by atoms with van der Waals surface area (Å²) in [5.74, 6) is -0.922. The van der Waals surface area contributed by atoms with Crippen molar-refractivity contribution < 1.29 is 14.0 Å². The molecule has 2 heterocycles. The average Bonchev–Trinajstić information content (AvgIpc) is 3.01. The molecule has 3 rings (SSSR count). The molecule has 23 heavy (non-hydrogen) atoms. The Morgan fingerprint density at radius 3 is 2.57 bits per heavy atom. The topological polar surface area (TPSA) is 68.3 Å². The first-order valence-electron chi connectivity index (χ1n) is 7.54. The second-order valence-corrected chi connectivity index (χ2v) is 5.63. The van der Waals surface area contributed by atoms with E-state index in [0.717, 1.165) is 11.3 Å². The first kappa shape index (κ1) is 15.3. The fourth-order valence-corrected chi connectivity index (χ4v) is 3.02. The van der Waals surface area contributed by atoms with E-state index >= 15 is 0 Å². The molecule has 1 unspecified atom stereocenters. The van der Waals surface area contributed by atoms with Gasteiger partial charge in [-0.2, -0.15) is 0 Å². The van der Waals surface area contributed by atoms with Crippen molar-refractivity contribution in [3.63, 3.8) is 0 Å². The Balaban J connectivity index is 1.93. The lowest BCUT2D eigenvalue weighted by atomic mass is 9.99. The molecule has 1 aliphatic rings. The van der Waals surface area contributed by atoms with E-state index in [-0.39, 0.29) is 30.6 Å². The maximum Gasteiger partial charge on any atom is 0.223 e. The Labute approximate surface area is 133 Å². The zero-order valence-corrected chi connectivity index (χ0v) is 12.6. The molecular formula is C17H18FN3O2. The van der Waals surface area contributed by atoms with Crippen molar-refractivity contribution in [3.8, 4) is 0 Å². The molecular weight excluding hydrogens is 297 g/mol. The molecule has 5 nitrogen and oxygen atoms in total. The van der Waals surface area contributed by atoms with E-state index in [2.05, 4.69) is 4.57 Å². The number of hydrogen-bond acceptors (Lipinski definition) is 2. The van der Waals surface area contributed by atoms with Gasteiger partial charge in [0.15, 0.2) is 0 Å². The summed E-state index contributed by atoms with van der Waals surface area (Å²) in [5, 5.41) is 0. The van der Waals surface area contributed by atoms with Crippen LogP contribution in [0.25, 0.3) is 0 Å². The van der Waals surface area contributed by atoms with Gasteiger partial charge in [0.25, 0.3) is 0 Å². The minimum absolute atomic E-state index is 0.0342. The first-order valence-corrected chi connectivity index (χ1v) is 7.54. The van der Waals surface area contributed by atoms with Crippen LogP contribution in [0, 0.1) is 5.82 Å². The van der Waals surface area contributed by atoms with E-state index < -0.39 is 5.91 Å². The van der Waals surface area contributed by atoms with Crippen molar-refractivity contribution in [3.05, 3.63) is 59.7 Å². The number of nitrogens with zero attached hydrogens (tertiary/aromatic N) is 2. The molecule has 0 saturated heterocycles. The smallest absolute Gasteiger partial charge is 0.223 e. The van der Waals surface area contributed by atoms with Crippen LogP contribution in [0.5, 0.6) is 0 Å². The third-order valence-corrected chi connectivity index (χ3v) is 4.13. The number of hydrogen-bond donors (Lipinski definition) is 1. The van der Waals surface area contributed by atoms with E-state index in [1.165, 1.54) is 12.1 Å². The number of primary amides is 1. The van der Waals surface area contributed by atoms with Gasteiger partial charge in [-0.15, -0.1) is 0 Å². The van der Waals surface area contributed by atoms with Gasteiger partial charge in [-0.1, -0.05) is 12.1 Å². The molecule has 2 aromatic rings. The van der Waals surface area contributed by atoms with Crippen molar-refractivity contribution in [2.75, 3.05) is 6.54 Å². The SMILES string of the molecule is NC(=O)CCC(=O)N1CCn2cccc2C1c1ccc(F)cc1. The summed E-state index contributed by atoms with van der Waals surface area (Å²) >= 11 is 0. The molecule has 2 N–H and O–H groups in total. The van der Waals surface area contributed by atoms with Gasteiger partial charge in [0.1, 0.15) is 5.82 Å². The predicted octanol–water partition coefficient (Wildman–Crippen LogP) is 1.82. The molecule has 0 radical (unpaired) electrons. The van der Waals surface area contributed by atoms with E-state index in [4.69, 9.17) is 5.73 Å². The number of fused-ring (bicyclic) bond motifs is 1. The van der Waals surface area contributed by atoms with Crippen LogP contribution in [-0.2, 0) is 16.1 Å². The molecule has 0 saturated carbocycles. The van der Waals surface area contributed by atoms with Gasteiger partial charge < -0.3 is 15.2 Å². The van der Waals surface area contributed by atoms with Gasteiger partial charge in [0, 0.05) is 37.8 Å².